The summed E-state index contributed by atoms with van der Waals surface area (Å²) >= 11 is 5.07. The first kappa shape index (κ1) is 21.9. The SMILES string of the molecule is Cc1cc(NS(=O)(=O)c2ccc(NC(=S)NC(=O)c3ccc([N+](=O)[O-])cc3)cc2)no1. The van der Waals surface area contributed by atoms with Crippen molar-refractivity contribution in [3.05, 3.63) is 76.0 Å². The van der Waals surface area contributed by atoms with Gasteiger partial charge in [0, 0.05) is 29.4 Å². The first-order chi connectivity index (χ1) is 14.6. The first-order valence-electron chi connectivity index (χ1n) is 8.57. The molecule has 2 aromatic carbocycles. The summed E-state index contributed by atoms with van der Waals surface area (Å²) < 4.78 is 31.9. The zero-order chi connectivity index (χ0) is 22.6. The quantitative estimate of drug-likeness (QED) is 0.285. The fraction of sp³-hybridized carbons (Fsp3) is 0.0556. The molecule has 1 amide bonds. The van der Waals surface area contributed by atoms with Crippen molar-refractivity contribution in [3.8, 4) is 0 Å². The lowest BCUT2D eigenvalue weighted by Gasteiger charge is -2.10. The van der Waals surface area contributed by atoms with Gasteiger partial charge in [0.1, 0.15) is 5.76 Å². The largest absolute Gasteiger partial charge is 0.360 e. The molecule has 0 atom stereocenters. The van der Waals surface area contributed by atoms with Gasteiger partial charge >= 0.3 is 0 Å². The van der Waals surface area contributed by atoms with E-state index in [1.807, 2.05) is 0 Å². The number of thiocarbonyl (C=S) groups is 1. The van der Waals surface area contributed by atoms with E-state index in [0.29, 0.717) is 11.4 Å². The lowest BCUT2D eigenvalue weighted by atomic mass is 10.2. The van der Waals surface area contributed by atoms with Crippen LogP contribution in [0.2, 0.25) is 0 Å². The van der Waals surface area contributed by atoms with Crippen LogP contribution in [-0.2, 0) is 10.0 Å². The van der Waals surface area contributed by atoms with E-state index in [-0.39, 0.29) is 27.1 Å². The number of benzene rings is 2. The van der Waals surface area contributed by atoms with E-state index in [9.17, 15) is 23.3 Å². The van der Waals surface area contributed by atoms with Gasteiger partial charge in [-0.15, -0.1) is 0 Å². The summed E-state index contributed by atoms with van der Waals surface area (Å²) in [4.78, 5) is 22.3. The Balaban J connectivity index is 1.60. The van der Waals surface area contributed by atoms with Crippen molar-refractivity contribution in [2.24, 2.45) is 0 Å². The Labute approximate surface area is 181 Å². The van der Waals surface area contributed by atoms with Crippen LogP contribution in [-0.4, -0.2) is 29.5 Å². The highest BCUT2D eigenvalue weighted by molar-refractivity contribution is 7.92. The Hall–Kier alpha value is -3.84. The number of nitro groups is 1. The van der Waals surface area contributed by atoms with Crippen molar-refractivity contribution >= 4 is 50.5 Å². The Morgan fingerprint density at radius 3 is 2.32 bits per heavy atom. The molecule has 13 heteroatoms. The Bertz CT molecular complexity index is 1240. The number of sulfonamides is 1. The van der Waals surface area contributed by atoms with E-state index in [1.54, 1.807) is 6.92 Å². The molecule has 0 saturated heterocycles. The molecule has 31 heavy (non-hydrogen) atoms. The van der Waals surface area contributed by atoms with Gasteiger partial charge in [-0.05, 0) is 55.5 Å². The number of non-ortho nitro benzene ring substituents is 1. The molecular weight excluding hydrogens is 446 g/mol. The smallest absolute Gasteiger partial charge is 0.269 e. The van der Waals surface area contributed by atoms with E-state index in [1.165, 1.54) is 54.6 Å². The van der Waals surface area contributed by atoms with Crippen molar-refractivity contribution in [3.63, 3.8) is 0 Å². The summed E-state index contributed by atoms with van der Waals surface area (Å²) in [6, 6.07) is 12.1. The number of aryl methyl sites for hydroxylation is 1. The number of nitrogens with one attached hydrogen (secondary N) is 3. The molecule has 1 aromatic heterocycles. The van der Waals surface area contributed by atoms with E-state index < -0.39 is 20.9 Å². The van der Waals surface area contributed by atoms with Crippen molar-refractivity contribution in [1.29, 1.82) is 0 Å². The number of anilines is 2. The van der Waals surface area contributed by atoms with Crippen LogP contribution < -0.4 is 15.4 Å². The molecule has 3 N–H and O–H groups in total. The predicted octanol–water partition coefficient (Wildman–Crippen LogP) is 2.82. The van der Waals surface area contributed by atoms with Crippen molar-refractivity contribution in [2.75, 3.05) is 10.0 Å². The Kier molecular flexibility index (Phi) is 6.27. The average molecular weight is 461 g/mol. The molecule has 0 aliphatic carbocycles. The van der Waals surface area contributed by atoms with Gasteiger partial charge in [-0.25, -0.2) is 8.42 Å². The van der Waals surface area contributed by atoms with Crippen LogP contribution in [0.3, 0.4) is 0 Å². The van der Waals surface area contributed by atoms with Crippen molar-refractivity contribution < 1.29 is 22.7 Å². The summed E-state index contributed by atoms with van der Waals surface area (Å²) in [6.45, 7) is 1.63. The molecule has 0 bridgehead atoms. The number of hydrogen-bond donors (Lipinski definition) is 3. The maximum Gasteiger partial charge on any atom is 0.269 e. The highest BCUT2D eigenvalue weighted by atomic mass is 32.2. The summed E-state index contributed by atoms with van der Waals surface area (Å²) in [7, 11) is -3.86. The molecule has 3 rings (SSSR count). The van der Waals surface area contributed by atoms with Crippen LogP contribution in [0.15, 0.2) is 64.0 Å². The molecule has 0 unspecified atom stereocenters. The highest BCUT2D eigenvalue weighted by Crippen LogP contribution is 2.18. The number of carbonyl (C=O) groups excluding carboxylic acids is 1. The molecule has 0 aliphatic rings. The predicted molar refractivity (Wildman–Crippen MR) is 115 cm³/mol. The van der Waals surface area contributed by atoms with Crippen LogP contribution in [0.25, 0.3) is 0 Å². The number of nitrogens with zero attached hydrogens (tertiary/aromatic N) is 2. The van der Waals surface area contributed by atoms with Crippen LogP contribution in [0.4, 0.5) is 17.2 Å². The van der Waals surface area contributed by atoms with Gasteiger partial charge in [0.2, 0.25) is 0 Å². The number of rotatable bonds is 6. The third kappa shape index (κ3) is 5.61. The third-order valence-corrected chi connectivity index (χ3v) is 5.43. The molecule has 0 fully saturated rings. The van der Waals surface area contributed by atoms with Crippen LogP contribution in [0, 0.1) is 17.0 Å². The minimum Gasteiger partial charge on any atom is -0.360 e. The molecule has 160 valence electrons. The summed E-state index contributed by atoms with van der Waals surface area (Å²) in [6.07, 6.45) is 0. The first-order valence-corrected chi connectivity index (χ1v) is 10.5. The average Bonchev–Trinajstić information content (AvgIpc) is 3.12. The van der Waals surface area contributed by atoms with Gasteiger partial charge in [0.15, 0.2) is 10.9 Å². The van der Waals surface area contributed by atoms with Crippen molar-refractivity contribution in [2.45, 2.75) is 11.8 Å². The topological polar surface area (TPSA) is 156 Å². The van der Waals surface area contributed by atoms with Gasteiger partial charge in [0.25, 0.3) is 21.6 Å². The third-order valence-electron chi connectivity index (χ3n) is 3.86. The van der Waals surface area contributed by atoms with Gasteiger partial charge in [-0.3, -0.25) is 24.9 Å². The molecule has 1 heterocycles. The van der Waals surface area contributed by atoms with E-state index in [0.717, 1.165) is 0 Å². The minimum absolute atomic E-state index is 0.0143. The number of aromatic nitrogens is 1. The van der Waals surface area contributed by atoms with E-state index in [2.05, 4.69) is 20.5 Å². The summed E-state index contributed by atoms with van der Waals surface area (Å²) in [5.74, 6) is -0.0323. The monoisotopic (exact) mass is 461 g/mol. The molecular formula is C18H15N5O6S2. The fourth-order valence-electron chi connectivity index (χ4n) is 2.40. The van der Waals surface area contributed by atoms with Crippen LogP contribution in [0.5, 0.6) is 0 Å². The molecule has 3 aromatic rings. The summed E-state index contributed by atoms with van der Waals surface area (Å²) in [5, 5.41) is 19.4. The van der Waals surface area contributed by atoms with Crippen LogP contribution in [0.1, 0.15) is 16.1 Å². The minimum atomic E-state index is -3.86. The maximum atomic E-state index is 12.4. The Morgan fingerprint density at radius 2 is 1.77 bits per heavy atom. The standard InChI is InChI=1S/C18H15N5O6S2/c1-11-10-16(21-29-11)22-31(27,28)15-8-4-13(5-9-15)19-18(30)20-17(24)12-2-6-14(7-3-12)23(25)26/h2-10H,1H3,(H,21,22)(H2,19,20,24,30). The van der Waals surface area contributed by atoms with Gasteiger partial charge < -0.3 is 9.84 Å². The van der Waals surface area contributed by atoms with Crippen molar-refractivity contribution in [1.82, 2.24) is 10.5 Å². The second-order valence-electron chi connectivity index (χ2n) is 6.16. The molecule has 0 radical (unpaired) electrons. The molecule has 0 aliphatic heterocycles. The summed E-state index contributed by atoms with van der Waals surface area (Å²) in [5.41, 5.74) is 0.482. The fourth-order valence-corrected chi connectivity index (χ4v) is 3.59. The number of amides is 1. The lowest BCUT2D eigenvalue weighted by Crippen LogP contribution is -2.34. The zero-order valence-electron chi connectivity index (χ0n) is 15.9. The molecule has 11 nitrogen and oxygen atoms in total. The highest BCUT2D eigenvalue weighted by Gasteiger charge is 2.16. The molecule has 0 saturated carbocycles. The van der Waals surface area contributed by atoms with E-state index in [4.69, 9.17) is 16.7 Å². The second-order valence-corrected chi connectivity index (χ2v) is 8.26. The second kappa shape index (κ2) is 8.89. The zero-order valence-corrected chi connectivity index (χ0v) is 17.5. The van der Waals surface area contributed by atoms with E-state index >= 15 is 0 Å². The van der Waals surface area contributed by atoms with Crippen LogP contribution >= 0.6 is 12.2 Å². The number of carbonyl (C=O) groups is 1. The Morgan fingerprint density at radius 1 is 1.13 bits per heavy atom. The maximum absolute atomic E-state index is 12.4. The van der Waals surface area contributed by atoms with Gasteiger partial charge in [-0.2, -0.15) is 0 Å². The molecule has 0 spiro atoms. The number of nitro benzene ring substituents is 1. The van der Waals surface area contributed by atoms with Gasteiger partial charge in [0.05, 0.1) is 9.82 Å². The normalized spacial score (nSPS) is 10.9. The lowest BCUT2D eigenvalue weighted by molar-refractivity contribution is -0.384. The number of hydrogen-bond acceptors (Lipinski definition) is 8. The van der Waals surface area contributed by atoms with Gasteiger partial charge in [-0.1, -0.05) is 5.16 Å².